The molecule has 0 aliphatic heterocycles. The summed E-state index contributed by atoms with van der Waals surface area (Å²) in [4.78, 5) is 0. The summed E-state index contributed by atoms with van der Waals surface area (Å²) in [7, 11) is 0. The average Bonchev–Trinajstić information content (AvgIpc) is 2.08. The van der Waals surface area contributed by atoms with Crippen LogP contribution in [0, 0.1) is 0 Å². The zero-order valence-electron chi connectivity index (χ0n) is 9.58. The molecule has 0 aromatic heterocycles. The van der Waals surface area contributed by atoms with Crippen LogP contribution in [0.3, 0.4) is 0 Å². The van der Waals surface area contributed by atoms with E-state index >= 15 is 0 Å². The molecule has 0 saturated carbocycles. The van der Waals surface area contributed by atoms with Gasteiger partial charge in [-0.1, -0.05) is 0 Å². The van der Waals surface area contributed by atoms with Gasteiger partial charge in [-0.15, -0.1) is 0 Å². The molecule has 0 saturated heterocycles. The summed E-state index contributed by atoms with van der Waals surface area (Å²) >= 11 is 3.46. The van der Waals surface area contributed by atoms with Gasteiger partial charge in [-0.3, -0.25) is 0 Å². The molecule has 1 rings (SSSR count). The van der Waals surface area contributed by atoms with Crippen LogP contribution in [0.25, 0.3) is 0 Å². The normalized spacial score (nSPS) is 10.9. The Kier molecular flexibility index (Phi) is 4.45. The van der Waals surface area contributed by atoms with Crippen LogP contribution in [0.5, 0.6) is 11.5 Å². The van der Waals surface area contributed by atoms with E-state index in [-0.39, 0.29) is 12.2 Å². The van der Waals surface area contributed by atoms with E-state index in [1.165, 1.54) is 0 Å². The van der Waals surface area contributed by atoms with E-state index < -0.39 is 0 Å². The molecule has 0 unspecified atom stereocenters. The van der Waals surface area contributed by atoms with Crippen LogP contribution in [0.1, 0.15) is 27.7 Å². The number of hydrogen-bond acceptors (Lipinski definition) is 2. The highest BCUT2D eigenvalue weighted by molar-refractivity contribution is 9.10. The number of benzene rings is 1. The van der Waals surface area contributed by atoms with Crippen LogP contribution in [0.15, 0.2) is 22.7 Å². The van der Waals surface area contributed by atoms with Gasteiger partial charge in [0.25, 0.3) is 0 Å². The molecule has 15 heavy (non-hydrogen) atoms. The van der Waals surface area contributed by atoms with Crippen LogP contribution in [-0.2, 0) is 0 Å². The van der Waals surface area contributed by atoms with Crippen molar-refractivity contribution in [1.29, 1.82) is 0 Å². The van der Waals surface area contributed by atoms with E-state index in [4.69, 9.17) is 9.47 Å². The first-order chi connectivity index (χ1) is 6.99. The smallest absolute Gasteiger partial charge is 0.134 e. The van der Waals surface area contributed by atoms with Gasteiger partial charge in [-0.25, -0.2) is 0 Å². The molecule has 84 valence electrons. The van der Waals surface area contributed by atoms with E-state index in [1.54, 1.807) is 0 Å². The minimum Gasteiger partial charge on any atom is -0.491 e. The molecule has 0 amide bonds. The second kappa shape index (κ2) is 5.40. The molecule has 0 spiro atoms. The second-order valence-electron chi connectivity index (χ2n) is 3.93. The summed E-state index contributed by atoms with van der Waals surface area (Å²) in [5.74, 6) is 1.70. The van der Waals surface area contributed by atoms with Gasteiger partial charge in [-0.05, 0) is 61.8 Å². The topological polar surface area (TPSA) is 18.5 Å². The molecule has 1 aromatic carbocycles. The van der Waals surface area contributed by atoms with Crippen LogP contribution >= 0.6 is 15.9 Å². The van der Waals surface area contributed by atoms with Crippen molar-refractivity contribution in [2.75, 3.05) is 0 Å². The van der Waals surface area contributed by atoms with Gasteiger partial charge in [-0.2, -0.15) is 0 Å². The monoisotopic (exact) mass is 272 g/mol. The maximum atomic E-state index is 5.60. The first-order valence-corrected chi connectivity index (χ1v) is 5.91. The number of hydrogen-bond donors (Lipinski definition) is 0. The Labute approximate surface area is 99.7 Å². The predicted octanol–water partition coefficient (Wildman–Crippen LogP) is 4.02. The lowest BCUT2D eigenvalue weighted by molar-refractivity contribution is 0.233. The number of halogens is 1. The summed E-state index contributed by atoms with van der Waals surface area (Å²) in [5.41, 5.74) is 0. The summed E-state index contributed by atoms with van der Waals surface area (Å²) < 4.78 is 12.1. The lowest BCUT2D eigenvalue weighted by Gasteiger charge is -2.14. The van der Waals surface area contributed by atoms with E-state index in [9.17, 15) is 0 Å². The molecule has 0 radical (unpaired) electrons. The van der Waals surface area contributed by atoms with Crippen molar-refractivity contribution in [1.82, 2.24) is 0 Å². The highest BCUT2D eigenvalue weighted by Crippen LogP contribution is 2.30. The molecule has 0 N–H and O–H groups in total. The summed E-state index contributed by atoms with van der Waals surface area (Å²) in [6, 6.07) is 5.77. The van der Waals surface area contributed by atoms with E-state index in [1.807, 2.05) is 45.9 Å². The Morgan fingerprint density at radius 3 is 2.07 bits per heavy atom. The zero-order chi connectivity index (χ0) is 11.4. The third-order valence-corrected chi connectivity index (χ3v) is 2.26. The number of rotatable bonds is 4. The molecule has 0 heterocycles. The van der Waals surface area contributed by atoms with Gasteiger partial charge in [0.15, 0.2) is 0 Å². The highest BCUT2D eigenvalue weighted by Gasteiger charge is 2.05. The van der Waals surface area contributed by atoms with Crippen LogP contribution in [0.2, 0.25) is 0 Å². The van der Waals surface area contributed by atoms with Crippen molar-refractivity contribution in [2.45, 2.75) is 39.9 Å². The van der Waals surface area contributed by atoms with Crippen molar-refractivity contribution in [3.63, 3.8) is 0 Å². The molecule has 0 fully saturated rings. The minimum absolute atomic E-state index is 0.179. The van der Waals surface area contributed by atoms with Gasteiger partial charge in [0.05, 0.1) is 16.7 Å². The fourth-order valence-corrected chi connectivity index (χ4v) is 1.63. The zero-order valence-corrected chi connectivity index (χ0v) is 11.2. The Morgan fingerprint density at radius 2 is 1.60 bits per heavy atom. The lowest BCUT2D eigenvalue weighted by Crippen LogP contribution is -2.07. The molecule has 1 aromatic rings. The van der Waals surface area contributed by atoms with E-state index in [0.717, 1.165) is 16.0 Å². The van der Waals surface area contributed by atoms with Gasteiger partial charge in [0.2, 0.25) is 0 Å². The Morgan fingerprint density at radius 1 is 1.00 bits per heavy atom. The quantitative estimate of drug-likeness (QED) is 0.824. The first-order valence-electron chi connectivity index (χ1n) is 5.12. The molecule has 0 aliphatic rings. The minimum atomic E-state index is 0.179. The third-order valence-electron chi connectivity index (χ3n) is 1.64. The molecule has 0 aliphatic carbocycles. The standard InChI is InChI=1S/C12H17BrO2/c1-8(2)14-10-5-6-12(11(13)7-10)15-9(3)4/h5-9H,1-4H3. The maximum Gasteiger partial charge on any atom is 0.134 e. The summed E-state index contributed by atoms with van der Waals surface area (Å²) in [6.45, 7) is 8.02. The molecule has 0 atom stereocenters. The first kappa shape index (κ1) is 12.4. The molecule has 0 bridgehead atoms. The lowest BCUT2D eigenvalue weighted by atomic mass is 10.3. The van der Waals surface area contributed by atoms with Crippen LogP contribution in [-0.4, -0.2) is 12.2 Å². The van der Waals surface area contributed by atoms with E-state index in [0.29, 0.717) is 0 Å². The predicted molar refractivity (Wildman–Crippen MR) is 65.7 cm³/mol. The number of ether oxygens (including phenoxy) is 2. The van der Waals surface area contributed by atoms with Crippen LogP contribution < -0.4 is 9.47 Å². The van der Waals surface area contributed by atoms with Crippen molar-refractivity contribution in [3.05, 3.63) is 22.7 Å². The average molecular weight is 273 g/mol. The third kappa shape index (κ3) is 4.12. The van der Waals surface area contributed by atoms with Gasteiger partial charge >= 0.3 is 0 Å². The van der Waals surface area contributed by atoms with Crippen molar-refractivity contribution in [3.8, 4) is 11.5 Å². The largest absolute Gasteiger partial charge is 0.491 e. The van der Waals surface area contributed by atoms with Crippen molar-refractivity contribution < 1.29 is 9.47 Å². The Bertz CT molecular complexity index is 321. The summed E-state index contributed by atoms with van der Waals surface area (Å²) in [6.07, 6.45) is 0.368. The molecule has 2 nitrogen and oxygen atoms in total. The molecular weight excluding hydrogens is 256 g/mol. The fraction of sp³-hybridized carbons (Fsp3) is 0.500. The van der Waals surface area contributed by atoms with Crippen LogP contribution in [0.4, 0.5) is 0 Å². The Hall–Kier alpha value is -0.700. The second-order valence-corrected chi connectivity index (χ2v) is 4.78. The van der Waals surface area contributed by atoms with Crippen molar-refractivity contribution in [2.24, 2.45) is 0 Å². The van der Waals surface area contributed by atoms with E-state index in [2.05, 4.69) is 15.9 Å². The van der Waals surface area contributed by atoms with Gasteiger partial charge in [0.1, 0.15) is 11.5 Å². The Balaban J connectivity index is 2.78. The SMILES string of the molecule is CC(C)Oc1ccc(OC(C)C)c(Br)c1. The maximum absolute atomic E-state index is 5.60. The molecular formula is C12H17BrO2. The summed E-state index contributed by atoms with van der Waals surface area (Å²) in [5, 5.41) is 0. The fourth-order valence-electron chi connectivity index (χ4n) is 1.18. The molecule has 3 heteroatoms. The van der Waals surface area contributed by atoms with Gasteiger partial charge in [0, 0.05) is 0 Å². The van der Waals surface area contributed by atoms with Gasteiger partial charge < -0.3 is 9.47 Å². The highest BCUT2D eigenvalue weighted by atomic mass is 79.9. The van der Waals surface area contributed by atoms with Crippen molar-refractivity contribution >= 4 is 15.9 Å².